The van der Waals surface area contributed by atoms with Gasteiger partial charge in [0.25, 0.3) is 5.91 Å². The molecule has 0 spiro atoms. The second-order valence-corrected chi connectivity index (χ2v) is 6.72. The number of hydrogen-bond donors (Lipinski definition) is 3. The van der Waals surface area contributed by atoms with Crippen LogP contribution >= 0.6 is 11.6 Å². The molecule has 0 aliphatic heterocycles. The summed E-state index contributed by atoms with van der Waals surface area (Å²) in [7, 11) is 0. The number of halogens is 1. The predicted molar refractivity (Wildman–Crippen MR) is 111 cm³/mol. The molecule has 0 fully saturated rings. The van der Waals surface area contributed by atoms with Crippen LogP contribution in [0.5, 0.6) is 11.5 Å². The van der Waals surface area contributed by atoms with E-state index in [1.807, 2.05) is 0 Å². The summed E-state index contributed by atoms with van der Waals surface area (Å²) in [4.78, 5) is 35.9. The molecule has 2 aromatic heterocycles. The second kappa shape index (κ2) is 7.53. The third kappa shape index (κ3) is 3.25. The molecule has 4 N–H and O–H groups in total. The molecule has 2 heterocycles. The lowest BCUT2D eigenvalue weighted by molar-refractivity contribution is 0.0997. The summed E-state index contributed by atoms with van der Waals surface area (Å²) in [6, 6.07) is 11.3. The van der Waals surface area contributed by atoms with Crippen molar-refractivity contribution in [3.05, 3.63) is 63.7 Å². The number of H-pyrrole nitrogens is 1. The van der Waals surface area contributed by atoms with Crippen molar-refractivity contribution in [1.29, 1.82) is 0 Å². The van der Waals surface area contributed by atoms with Gasteiger partial charge in [-0.05, 0) is 43.3 Å². The minimum Gasteiger partial charge on any atom is -0.504 e. The van der Waals surface area contributed by atoms with E-state index in [2.05, 4.69) is 15.0 Å². The van der Waals surface area contributed by atoms with Crippen LogP contribution in [0.15, 0.2) is 47.3 Å². The number of phenolic OH excluding ortho intramolecular Hbond substituents is 1. The van der Waals surface area contributed by atoms with Crippen LogP contribution in [0.4, 0.5) is 0 Å². The van der Waals surface area contributed by atoms with Crippen LogP contribution in [0.25, 0.3) is 28.2 Å². The third-order valence-electron chi connectivity index (χ3n) is 4.39. The fraction of sp³-hybridized carbons (Fsp3) is 0.100. The van der Waals surface area contributed by atoms with Crippen LogP contribution in [0.3, 0.4) is 0 Å². The minimum atomic E-state index is -0.853. The van der Waals surface area contributed by atoms with E-state index in [9.17, 15) is 14.7 Å². The van der Waals surface area contributed by atoms with Crippen molar-refractivity contribution in [3.8, 4) is 28.6 Å². The highest BCUT2D eigenvalue weighted by molar-refractivity contribution is 6.30. The van der Waals surface area contributed by atoms with E-state index in [-0.39, 0.29) is 39.7 Å². The topological polar surface area (TPSA) is 136 Å². The van der Waals surface area contributed by atoms with Crippen molar-refractivity contribution in [1.82, 2.24) is 19.5 Å². The molecule has 0 aliphatic carbocycles. The van der Waals surface area contributed by atoms with Gasteiger partial charge in [0.05, 0.1) is 17.9 Å². The minimum absolute atomic E-state index is 0.0112. The number of nitrogens with zero attached hydrogens (tertiary/aromatic N) is 3. The molecule has 0 unspecified atom stereocenters. The van der Waals surface area contributed by atoms with Crippen LogP contribution < -0.4 is 16.2 Å². The first-order valence-corrected chi connectivity index (χ1v) is 9.32. The van der Waals surface area contributed by atoms with E-state index in [0.29, 0.717) is 17.3 Å². The van der Waals surface area contributed by atoms with Crippen LogP contribution in [0.1, 0.15) is 17.4 Å². The Labute approximate surface area is 174 Å². The lowest BCUT2D eigenvalue weighted by Gasteiger charge is -2.10. The number of rotatable bonds is 5. The van der Waals surface area contributed by atoms with Crippen LogP contribution in [0, 0.1) is 0 Å². The number of aromatic nitrogens is 4. The van der Waals surface area contributed by atoms with Gasteiger partial charge in [-0.2, -0.15) is 0 Å². The molecule has 2 aromatic carbocycles. The van der Waals surface area contributed by atoms with Gasteiger partial charge >= 0.3 is 5.69 Å². The Bertz CT molecular complexity index is 1330. The molecular weight excluding hydrogens is 410 g/mol. The number of nitrogens with one attached hydrogen (secondary N) is 1. The smallest absolute Gasteiger partial charge is 0.332 e. The van der Waals surface area contributed by atoms with E-state index >= 15 is 0 Å². The zero-order valence-corrected chi connectivity index (χ0v) is 16.5. The molecule has 0 bridgehead atoms. The Morgan fingerprint density at radius 2 is 1.97 bits per heavy atom. The summed E-state index contributed by atoms with van der Waals surface area (Å²) >= 11 is 5.94. The van der Waals surface area contributed by atoms with Crippen molar-refractivity contribution >= 4 is 28.7 Å². The molecule has 10 heteroatoms. The quantitative estimate of drug-likeness (QED) is 0.449. The average Bonchev–Trinajstić information content (AvgIpc) is 3.05. The van der Waals surface area contributed by atoms with E-state index in [1.165, 1.54) is 4.57 Å². The SMILES string of the molecule is CCOc1cccc(-c2nc(C(N)=O)c3[nH]c(=O)n(-c4ccc(Cl)cc4)c3n2)c1O. The molecule has 4 aromatic rings. The number of benzene rings is 2. The molecular formula is C20H16ClN5O4. The first-order chi connectivity index (χ1) is 14.4. The van der Waals surface area contributed by atoms with Gasteiger partial charge in [0, 0.05) is 5.02 Å². The number of nitrogens with two attached hydrogens (primary N) is 1. The zero-order chi connectivity index (χ0) is 21.4. The monoisotopic (exact) mass is 425 g/mol. The van der Waals surface area contributed by atoms with Crippen LogP contribution in [-0.2, 0) is 0 Å². The molecule has 0 radical (unpaired) electrons. The number of amides is 1. The molecule has 0 aliphatic rings. The average molecular weight is 426 g/mol. The standard InChI is InChI=1S/C20H16ClN5O4/c1-2-30-13-5-3-4-12(16(13)27)18-23-14(17(22)28)15-19(25-18)26(20(29)24-15)11-8-6-10(21)7-9-11/h3-9,27H,2H2,1H3,(H2,22,28)(H,24,29). The summed E-state index contributed by atoms with van der Waals surface area (Å²) in [5.41, 5.74) is 5.70. The normalized spacial score (nSPS) is 11.0. The molecule has 4 rings (SSSR count). The first-order valence-electron chi connectivity index (χ1n) is 8.94. The lowest BCUT2D eigenvalue weighted by Crippen LogP contribution is -2.15. The van der Waals surface area contributed by atoms with Crippen molar-refractivity contribution in [2.45, 2.75) is 6.92 Å². The number of carbonyl (C=O) groups is 1. The molecule has 0 saturated heterocycles. The first kappa shape index (κ1) is 19.5. The maximum Gasteiger partial charge on any atom is 0.332 e. The highest BCUT2D eigenvalue weighted by Gasteiger charge is 2.22. The number of primary amides is 1. The number of ether oxygens (including phenoxy) is 1. The number of phenols is 1. The maximum atomic E-state index is 12.6. The van der Waals surface area contributed by atoms with Crippen molar-refractivity contribution in [2.75, 3.05) is 6.61 Å². The molecule has 0 atom stereocenters. The van der Waals surface area contributed by atoms with Gasteiger partial charge in [0.2, 0.25) is 0 Å². The van der Waals surface area contributed by atoms with Gasteiger partial charge in [-0.15, -0.1) is 0 Å². The van der Waals surface area contributed by atoms with Gasteiger partial charge in [0.15, 0.2) is 28.7 Å². The van der Waals surface area contributed by atoms with E-state index < -0.39 is 11.6 Å². The molecule has 1 amide bonds. The van der Waals surface area contributed by atoms with Crippen LogP contribution in [0.2, 0.25) is 5.02 Å². The fourth-order valence-electron chi connectivity index (χ4n) is 3.09. The number of aromatic amines is 1. The number of aromatic hydroxyl groups is 1. The highest BCUT2D eigenvalue weighted by atomic mass is 35.5. The predicted octanol–water partition coefficient (Wildman–Crippen LogP) is 2.63. The van der Waals surface area contributed by atoms with Gasteiger partial charge in [0.1, 0.15) is 5.52 Å². The lowest BCUT2D eigenvalue weighted by atomic mass is 10.1. The largest absolute Gasteiger partial charge is 0.504 e. The van der Waals surface area contributed by atoms with E-state index in [1.54, 1.807) is 49.4 Å². The summed E-state index contributed by atoms with van der Waals surface area (Å²) in [5.74, 6) is -0.792. The molecule has 0 saturated carbocycles. The third-order valence-corrected chi connectivity index (χ3v) is 4.65. The Kier molecular flexibility index (Phi) is 4.88. The molecule has 152 valence electrons. The summed E-state index contributed by atoms with van der Waals surface area (Å²) < 4.78 is 6.67. The zero-order valence-electron chi connectivity index (χ0n) is 15.7. The number of para-hydroxylation sites is 1. The Morgan fingerprint density at radius 1 is 1.23 bits per heavy atom. The Balaban J connectivity index is 2.03. The summed E-state index contributed by atoms with van der Waals surface area (Å²) in [5, 5.41) is 11.1. The van der Waals surface area contributed by atoms with Gasteiger partial charge in [-0.1, -0.05) is 17.7 Å². The number of imidazole rings is 1. The van der Waals surface area contributed by atoms with Gasteiger partial charge < -0.3 is 20.6 Å². The number of carbonyl (C=O) groups excluding carboxylic acids is 1. The van der Waals surface area contributed by atoms with Crippen molar-refractivity contribution in [2.24, 2.45) is 5.73 Å². The fourth-order valence-corrected chi connectivity index (χ4v) is 3.21. The number of fused-ring (bicyclic) bond motifs is 1. The van der Waals surface area contributed by atoms with Crippen LogP contribution in [-0.4, -0.2) is 37.1 Å². The van der Waals surface area contributed by atoms with E-state index in [0.717, 1.165) is 0 Å². The molecule has 30 heavy (non-hydrogen) atoms. The van der Waals surface area contributed by atoms with Crippen molar-refractivity contribution in [3.63, 3.8) is 0 Å². The summed E-state index contributed by atoms with van der Waals surface area (Å²) in [6.07, 6.45) is 0. The summed E-state index contributed by atoms with van der Waals surface area (Å²) in [6.45, 7) is 2.13. The maximum absolute atomic E-state index is 12.6. The second-order valence-electron chi connectivity index (χ2n) is 6.29. The van der Waals surface area contributed by atoms with Crippen molar-refractivity contribution < 1.29 is 14.6 Å². The number of hydrogen-bond acceptors (Lipinski definition) is 6. The van der Waals surface area contributed by atoms with Gasteiger partial charge in [-0.3, -0.25) is 4.79 Å². The Hall–Kier alpha value is -3.85. The van der Waals surface area contributed by atoms with Gasteiger partial charge in [-0.25, -0.2) is 19.3 Å². The molecule has 9 nitrogen and oxygen atoms in total. The van der Waals surface area contributed by atoms with E-state index in [4.69, 9.17) is 22.1 Å². The highest BCUT2D eigenvalue weighted by Crippen LogP contribution is 2.36. The Morgan fingerprint density at radius 3 is 2.63 bits per heavy atom.